The van der Waals surface area contributed by atoms with Crippen molar-refractivity contribution in [1.29, 1.82) is 0 Å². The lowest BCUT2D eigenvalue weighted by Gasteiger charge is -2.22. The highest BCUT2D eigenvalue weighted by Gasteiger charge is 2.24. The van der Waals surface area contributed by atoms with E-state index in [4.69, 9.17) is 14.3 Å². The van der Waals surface area contributed by atoms with Gasteiger partial charge in [-0.2, -0.15) is 0 Å². The predicted molar refractivity (Wildman–Crippen MR) is 133 cm³/mol. The summed E-state index contributed by atoms with van der Waals surface area (Å²) in [6, 6.07) is 21.1. The number of H-pyrrole nitrogens is 1. The number of oxime groups is 1. The summed E-state index contributed by atoms with van der Waals surface area (Å²) in [5.41, 5.74) is 4.43. The lowest BCUT2D eigenvalue weighted by atomic mass is 9.89. The zero-order valence-corrected chi connectivity index (χ0v) is 19.4. The van der Waals surface area contributed by atoms with Crippen molar-refractivity contribution in [2.24, 2.45) is 5.16 Å². The molecule has 4 rings (SSSR count). The number of amides is 1. The molecule has 1 heterocycles. The lowest BCUT2D eigenvalue weighted by molar-refractivity contribution is 0.0952. The summed E-state index contributed by atoms with van der Waals surface area (Å²) in [6.07, 6.45) is 3.58. The molecule has 3 aromatic carbocycles. The first kappa shape index (κ1) is 22.9. The highest BCUT2D eigenvalue weighted by atomic mass is 16.6. The second kappa shape index (κ2) is 10.6. The first-order valence-corrected chi connectivity index (χ1v) is 10.9. The van der Waals surface area contributed by atoms with E-state index >= 15 is 0 Å². The van der Waals surface area contributed by atoms with Crippen molar-refractivity contribution in [2.45, 2.75) is 5.92 Å². The van der Waals surface area contributed by atoms with Crippen molar-refractivity contribution in [3.63, 3.8) is 0 Å². The monoisotopic (exact) mass is 457 g/mol. The Hall–Kier alpha value is -4.26. The minimum atomic E-state index is -0.168. The molecule has 1 aromatic heterocycles. The molecule has 174 valence electrons. The van der Waals surface area contributed by atoms with E-state index < -0.39 is 0 Å². The molecule has 34 heavy (non-hydrogen) atoms. The molecule has 0 aliphatic carbocycles. The van der Waals surface area contributed by atoms with Gasteiger partial charge in [0.05, 0.1) is 20.4 Å². The third-order valence-corrected chi connectivity index (χ3v) is 5.75. The summed E-state index contributed by atoms with van der Waals surface area (Å²) in [5.74, 6) is 0.959. The van der Waals surface area contributed by atoms with E-state index in [-0.39, 0.29) is 11.8 Å². The molecule has 0 saturated carbocycles. The fourth-order valence-corrected chi connectivity index (χ4v) is 4.09. The van der Waals surface area contributed by atoms with Gasteiger partial charge in [-0.05, 0) is 35.4 Å². The van der Waals surface area contributed by atoms with Crippen LogP contribution in [0.3, 0.4) is 0 Å². The van der Waals surface area contributed by atoms with Gasteiger partial charge in [0.25, 0.3) is 5.91 Å². The average molecular weight is 458 g/mol. The Morgan fingerprint density at radius 2 is 1.76 bits per heavy atom. The molecule has 2 N–H and O–H groups in total. The van der Waals surface area contributed by atoms with Gasteiger partial charge in [-0.25, -0.2) is 0 Å². The summed E-state index contributed by atoms with van der Waals surface area (Å²) < 4.78 is 11.3. The normalized spacial score (nSPS) is 12.0. The van der Waals surface area contributed by atoms with Gasteiger partial charge >= 0.3 is 0 Å². The maximum Gasteiger partial charge on any atom is 0.251 e. The van der Waals surface area contributed by atoms with Gasteiger partial charge in [0, 0.05) is 40.7 Å². The molecule has 0 fully saturated rings. The van der Waals surface area contributed by atoms with Crippen LogP contribution in [0.1, 0.15) is 33.0 Å². The highest BCUT2D eigenvalue weighted by Crippen LogP contribution is 2.40. The summed E-state index contributed by atoms with van der Waals surface area (Å²) in [6.45, 7) is 0.372. The number of aromatic amines is 1. The standard InChI is InChI=1S/C27H27N3O4/c1-32-25-10-6-8-21(26(25)33-2)23(22-16-28-24-9-5-4-7-20(22)24)17-29-27(31)19-13-11-18(12-14-19)15-30-34-3/h4-16,23,28H,17H2,1-3H3,(H,29,31)/b30-15+. The van der Waals surface area contributed by atoms with Crippen molar-refractivity contribution in [1.82, 2.24) is 10.3 Å². The number of hydrogen-bond donors (Lipinski definition) is 2. The quantitative estimate of drug-likeness (QED) is 0.281. The number of carbonyl (C=O) groups is 1. The lowest BCUT2D eigenvalue weighted by Crippen LogP contribution is -2.29. The third kappa shape index (κ3) is 4.73. The van der Waals surface area contributed by atoms with Gasteiger partial charge in [0.1, 0.15) is 7.11 Å². The SMILES string of the molecule is CO/N=C/c1ccc(C(=O)NCC(c2cccc(OC)c2OC)c2c[nH]c3ccccc23)cc1. The molecule has 1 unspecified atom stereocenters. The molecule has 1 atom stereocenters. The zero-order chi connectivity index (χ0) is 23.9. The van der Waals surface area contributed by atoms with E-state index in [0.717, 1.165) is 27.6 Å². The first-order valence-electron chi connectivity index (χ1n) is 10.9. The number of para-hydroxylation sites is 2. The van der Waals surface area contributed by atoms with Gasteiger partial charge in [-0.1, -0.05) is 47.6 Å². The highest BCUT2D eigenvalue weighted by molar-refractivity contribution is 5.95. The maximum atomic E-state index is 13.0. The number of hydrogen-bond acceptors (Lipinski definition) is 5. The first-order chi connectivity index (χ1) is 16.7. The number of fused-ring (bicyclic) bond motifs is 1. The number of ether oxygens (including phenoxy) is 2. The molecule has 0 radical (unpaired) electrons. The predicted octanol–water partition coefficient (Wildman–Crippen LogP) is 4.73. The van der Waals surface area contributed by atoms with Crippen molar-refractivity contribution in [3.8, 4) is 11.5 Å². The van der Waals surface area contributed by atoms with Crippen molar-refractivity contribution < 1.29 is 19.1 Å². The number of methoxy groups -OCH3 is 2. The molecule has 0 spiro atoms. The molecule has 0 aliphatic rings. The zero-order valence-electron chi connectivity index (χ0n) is 19.4. The van der Waals surface area contributed by atoms with E-state index in [1.807, 2.05) is 54.7 Å². The molecular weight excluding hydrogens is 430 g/mol. The molecular formula is C27H27N3O4. The minimum Gasteiger partial charge on any atom is -0.493 e. The number of rotatable bonds is 9. The molecule has 0 saturated heterocycles. The Balaban J connectivity index is 1.66. The van der Waals surface area contributed by atoms with E-state index in [1.165, 1.54) is 7.11 Å². The summed E-state index contributed by atoms with van der Waals surface area (Å²) in [5, 5.41) is 7.93. The largest absolute Gasteiger partial charge is 0.493 e. The van der Waals surface area contributed by atoms with Crippen molar-refractivity contribution in [2.75, 3.05) is 27.9 Å². The Labute approximate surface area is 198 Å². The topological polar surface area (TPSA) is 84.9 Å². The van der Waals surface area contributed by atoms with Crippen LogP contribution >= 0.6 is 0 Å². The van der Waals surface area contributed by atoms with E-state index in [9.17, 15) is 4.79 Å². The van der Waals surface area contributed by atoms with Crippen LogP contribution in [0, 0.1) is 0 Å². The summed E-state index contributed by atoms with van der Waals surface area (Å²) >= 11 is 0. The Bertz CT molecular complexity index is 1290. The van der Waals surface area contributed by atoms with Crippen LogP contribution < -0.4 is 14.8 Å². The number of nitrogens with one attached hydrogen (secondary N) is 2. The Morgan fingerprint density at radius 1 is 0.971 bits per heavy atom. The fourth-order valence-electron chi connectivity index (χ4n) is 4.09. The Morgan fingerprint density at radius 3 is 2.50 bits per heavy atom. The van der Waals surface area contributed by atoms with Gasteiger partial charge in [0.2, 0.25) is 0 Å². The van der Waals surface area contributed by atoms with Crippen LogP contribution in [-0.4, -0.2) is 45.0 Å². The van der Waals surface area contributed by atoms with Crippen LogP contribution in [0.5, 0.6) is 11.5 Å². The van der Waals surface area contributed by atoms with Gasteiger partial charge in [-0.15, -0.1) is 0 Å². The number of carbonyl (C=O) groups excluding carboxylic acids is 1. The second-order valence-electron chi connectivity index (χ2n) is 7.67. The van der Waals surface area contributed by atoms with Crippen LogP contribution in [0.25, 0.3) is 10.9 Å². The molecule has 7 heteroatoms. The van der Waals surface area contributed by atoms with Gasteiger partial charge in [0.15, 0.2) is 11.5 Å². The molecule has 1 amide bonds. The van der Waals surface area contributed by atoms with Crippen LogP contribution in [0.15, 0.2) is 78.1 Å². The summed E-state index contributed by atoms with van der Waals surface area (Å²) in [4.78, 5) is 21.0. The van der Waals surface area contributed by atoms with Crippen molar-refractivity contribution >= 4 is 23.0 Å². The van der Waals surface area contributed by atoms with Crippen LogP contribution in [0.4, 0.5) is 0 Å². The number of benzene rings is 3. The van der Waals surface area contributed by atoms with Gasteiger partial charge in [-0.3, -0.25) is 4.79 Å². The van der Waals surface area contributed by atoms with E-state index in [2.05, 4.69) is 21.5 Å². The van der Waals surface area contributed by atoms with Crippen LogP contribution in [-0.2, 0) is 4.84 Å². The fraction of sp³-hybridized carbons (Fsp3) is 0.185. The minimum absolute atomic E-state index is 0.165. The molecule has 0 aliphatic heterocycles. The van der Waals surface area contributed by atoms with Gasteiger partial charge < -0.3 is 24.6 Å². The molecule has 4 aromatic rings. The molecule has 0 bridgehead atoms. The van der Waals surface area contributed by atoms with Crippen molar-refractivity contribution in [3.05, 3.63) is 95.2 Å². The third-order valence-electron chi connectivity index (χ3n) is 5.75. The van der Waals surface area contributed by atoms with E-state index in [0.29, 0.717) is 23.6 Å². The molecule has 7 nitrogen and oxygen atoms in total. The number of nitrogens with zero attached hydrogens (tertiary/aromatic N) is 1. The number of aromatic nitrogens is 1. The van der Waals surface area contributed by atoms with Crippen LogP contribution in [0.2, 0.25) is 0 Å². The smallest absolute Gasteiger partial charge is 0.251 e. The van der Waals surface area contributed by atoms with E-state index in [1.54, 1.807) is 32.6 Å². The second-order valence-corrected chi connectivity index (χ2v) is 7.67. The average Bonchev–Trinajstić information content (AvgIpc) is 3.31. The summed E-state index contributed by atoms with van der Waals surface area (Å²) in [7, 11) is 4.73. The Kier molecular flexibility index (Phi) is 7.13. The maximum absolute atomic E-state index is 13.0.